The van der Waals surface area contributed by atoms with E-state index in [1.165, 1.54) is 265 Å². The Morgan fingerprint density at radius 2 is 0.615 bits per heavy atom. The topological polar surface area (TPSA) is 199 Å². The Morgan fingerprint density at radius 1 is 0.363 bits per heavy atom. The average molecular weight is 1440 g/mol. The Hall–Kier alpha value is 1.65. The molecule has 552 valence electrons. The summed E-state index contributed by atoms with van der Waals surface area (Å²) in [5, 5.41) is 0. The maximum atomic E-state index is 10.2. The van der Waals surface area contributed by atoms with Crippen LogP contribution in [0.1, 0.15) is 328 Å². The van der Waals surface area contributed by atoms with Crippen molar-refractivity contribution < 1.29 is 65.2 Å². The van der Waals surface area contributed by atoms with Gasteiger partial charge in [-0.1, -0.05) is 290 Å². The first-order chi connectivity index (χ1) is 43.0. The molecule has 0 bridgehead atoms. The van der Waals surface area contributed by atoms with E-state index < -0.39 is 54.7 Å². The highest BCUT2D eigenvalue weighted by Crippen LogP contribution is 2.49. The summed E-state index contributed by atoms with van der Waals surface area (Å²) in [5.41, 5.74) is 5.43. The zero-order valence-electron chi connectivity index (χ0n) is 59.1. The van der Waals surface area contributed by atoms with Gasteiger partial charge in [0.25, 0.3) is 0 Å². The van der Waals surface area contributed by atoms with Crippen LogP contribution in [0.5, 0.6) is 0 Å². The fraction of sp³-hybridized carbons (Fsp3) is 0.942. The van der Waals surface area contributed by atoms with Crippen LogP contribution >= 0.6 is 69.9 Å². The van der Waals surface area contributed by atoms with Gasteiger partial charge in [0.2, 0.25) is 30.3 Å². The molecule has 0 aliphatic carbocycles. The third-order valence-electron chi connectivity index (χ3n) is 16.8. The van der Waals surface area contributed by atoms with E-state index >= 15 is 0 Å². The third kappa shape index (κ3) is 66.0. The molecule has 0 aromatic rings. The number of nitrogens with two attached hydrogens (primary N) is 1. The van der Waals surface area contributed by atoms with Crippen LogP contribution in [0.25, 0.3) is 0 Å². The summed E-state index contributed by atoms with van der Waals surface area (Å²) in [6.07, 6.45) is 79.5. The largest absolute Gasteiger partial charge is 0.373 e. The second-order valence-electron chi connectivity index (χ2n) is 25.3. The maximum Gasteiger partial charge on any atom is 0.248 e. The minimum atomic E-state index is -3.17. The van der Waals surface area contributed by atoms with E-state index in [-0.39, 0.29) is 40.2 Å². The summed E-state index contributed by atoms with van der Waals surface area (Å²) >= 11 is 4.16. The molecule has 91 heavy (non-hydrogen) atoms. The van der Waals surface area contributed by atoms with E-state index in [9.17, 15) is 19.6 Å². The molecule has 8 atom stereocenters. The van der Waals surface area contributed by atoms with Crippen LogP contribution in [0.2, 0.25) is 0 Å². The summed E-state index contributed by atoms with van der Waals surface area (Å²) in [5.74, 6) is 0.884. The molecule has 0 aromatic heterocycles. The lowest BCUT2D eigenvalue weighted by Gasteiger charge is -2.26. The van der Waals surface area contributed by atoms with Gasteiger partial charge in [-0.25, -0.2) is 0 Å². The molecule has 2 fully saturated rings. The lowest BCUT2D eigenvalue weighted by atomic mass is 10.0. The quantitative estimate of drug-likeness (QED) is 0.0191. The predicted octanol–water partition coefficient (Wildman–Crippen LogP) is 20.9. The van der Waals surface area contributed by atoms with Gasteiger partial charge in [-0.15, -0.1) is 0 Å². The Labute approximate surface area is 581 Å². The highest BCUT2D eigenvalue weighted by atomic mass is 32.1. The fourth-order valence-electron chi connectivity index (χ4n) is 11.0. The average Bonchev–Trinajstić information content (AvgIpc) is 2.22. The van der Waals surface area contributed by atoms with Crippen LogP contribution in [-0.4, -0.2) is 135 Å². The van der Waals surface area contributed by atoms with E-state index in [0.717, 1.165) is 57.1 Å². The molecule has 0 spiro atoms. The van der Waals surface area contributed by atoms with Crippen molar-refractivity contribution in [2.24, 2.45) is 5.73 Å². The molecule has 0 amide bonds. The van der Waals surface area contributed by atoms with E-state index in [1.54, 1.807) is 0 Å². The molecule has 0 saturated carbocycles. The Kier molecular flexibility index (Phi) is 73.2. The molecule has 0 aromatic carbocycles. The highest BCUT2D eigenvalue weighted by molar-refractivity contribution is 7.80. The van der Waals surface area contributed by atoms with Crippen molar-refractivity contribution >= 4 is 95.1 Å². The molecule has 22 heteroatoms. The molecule has 0 radical (unpaired) electrons. The molecule has 15 nitrogen and oxygen atoms in total. The number of thiol groups is 1. The smallest absolute Gasteiger partial charge is 0.248 e. The molecule has 2 aliphatic heterocycles. The second kappa shape index (κ2) is 68.8. The summed E-state index contributed by atoms with van der Waals surface area (Å²) < 4.78 is 53.1. The van der Waals surface area contributed by atoms with Gasteiger partial charge in [0.15, 0.2) is 0 Å². The van der Waals surface area contributed by atoms with Crippen molar-refractivity contribution in [1.82, 2.24) is 0 Å². The monoisotopic (exact) mass is 1440 g/mol. The van der Waals surface area contributed by atoms with Crippen molar-refractivity contribution in [2.75, 3.05) is 66.2 Å². The van der Waals surface area contributed by atoms with Gasteiger partial charge in [-0.05, 0) is 63.2 Å². The third-order valence-corrected chi connectivity index (χ3v) is 21.7. The van der Waals surface area contributed by atoms with Crippen LogP contribution in [0.3, 0.4) is 0 Å². The Balaban J connectivity index is -0.00000133. The van der Waals surface area contributed by atoms with E-state index in [0.29, 0.717) is 45.8 Å². The molecular weight excluding hydrogens is 1290 g/mol. The van der Waals surface area contributed by atoms with Crippen LogP contribution in [-0.2, 0) is 45.7 Å². The van der Waals surface area contributed by atoms with E-state index in [1.807, 2.05) is 0 Å². The Morgan fingerprint density at radius 3 is 0.901 bits per heavy atom. The lowest BCUT2D eigenvalue weighted by molar-refractivity contribution is 0.00846. The van der Waals surface area contributed by atoms with Gasteiger partial charge >= 0.3 is 0 Å². The minimum Gasteiger partial charge on any atom is -0.373 e. The maximum absolute atomic E-state index is 10.2. The first-order valence-corrected chi connectivity index (χ1v) is 44.1. The van der Waals surface area contributed by atoms with Gasteiger partial charge in [-0.3, -0.25) is 0 Å². The van der Waals surface area contributed by atoms with Gasteiger partial charge in [0.1, 0.15) is 12.2 Å². The summed E-state index contributed by atoms with van der Waals surface area (Å²) in [6.45, 7) is 7.18. The van der Waals surface area contributed by atoms with Crippen molar-refractivity contribution in [3.8, 4) is 0 Å². The molecule has 2 aliphatic rings. The molecule has 8 unspecified atom stereocenters. The predicted molar refractivity (Wildman–Crippen MR) is 413 cm³/mol. The van der Waals surface area contributed by atoms with Crippen LogP contribution < -0.4 is 5.73 Å². The number of ether oxygens (including phenoxy) is 2. The lowest BCUT2D eigenvalue weighted by Crippen LogP contribution is -2.28. The number of hydrogen-bond acceptors (Lipinski definition) is 16. The standard InChI is InChI=1S/C41H84.C14H31NO7P2.C14H30O7P2S.2H2S/c1-3-5-7-9-11-13-15-17-19-21-23-25-27-29-31-33-35-37-39-41-40-38-36-34-32-30-28-26-24-22-20-18-16-14-12-10-8-6-4-2;1-18-23(2,16)21-12-14-13(8-11-19-14)22-24(3,17)20-10-7-5-4-6-9-15;1-17-22(2,15)21-13-8-10-18-14(13)12-20-23(3,16)19-9-6-4-5-7-11-24;;/h3-41H2,1-2H3;13-14,16-17H,2-12,15H2,1H3;13-16,24H,2-12H2,1H3;2*1H2. The highest BCUT2D eigenvalue weighted by Gasteiger charge is 2.35. The molecule has 2 rings (SSSR count). The van der Waals surface area contributed by atoms with Gasteiger partial charge in [0.05, 0.1) is 38.6 Å². The zero-order valence-corrected chi connectivity index (χ0v) is 65.6. The van der Waals surface area contributed by atoms with Crippen molar-refractivity contribution in [2.45, 2.75) is 353 Å². The molecule has 2 saturated heterocycles. The first-order valence-electron chi connectivity index (χ1n) is 36.5. The van der Waals surface area contributed by atoms with Gasteiger partial charge in [-0.2, -0.15) is 39.6 Å². The van der Waals surface area contributed by atoms with Gasteiger partial charge in [0, 0.05) is 40.3 Å². The van der Waals surface area contributed by atoms with Gasteiger partial charge < -0.3 is 71.0 Å². The molecular formula is C69H149NO14P4S3. The number of unbranched alkanes of at least 4 members (excludes halogenated alkanes) is 44. The fourth-order valence-corrected chi connectivity index (χ4v) is 14.5. The van der Waals surface area contributed by atoms with Crippen molar-refractivity contribution in [3.63, 3.8) is 0 Å². The number of rotatable bonds is 64. The van der Waals surface area contributed by atoms with Crippen molar-refractivity contribution in [1.29, 1.82) is 0 Å². The van der Waals surface area contributed by atoms with Crippen molar-refractivity contribution in [3.05, 3.63) is 0 Å². The zero-order chi connectivity index (χ0) is 65.7. The van der Waals surface area contributed by atoms with Crippen LogP contribution in [0, 0.1) is 0 Å². The van der Waals surface area contributed by atoms with E-state index in [2.05, 4.69) is 51.7 Å². The second-order valence-corrected chi connectivity index (χ2v) is 33.0. The minimum absolute atomic E-state index is 0. The molecule has 6 N–H and O–H groups in total. The molecule has 2 heterocycles. The first kappa shape index (κ1) is 96.8. The summed E-state index contributed by atoms with van der Waals surface area (Å²) in [7, 11) is -9.81. The Bertz CT molecular complexity index is 1680. The normalized spacial score (nSPS) is 19.0. The number of hydrogen-bond donors (Lipinski definition) is 6. The van der Waals surface area contributed by atoms with Crippen LogP contribution in [0.15, 0.2) is 0 Å². The van der Waals surface area contributed by atoms with Crippen LogP contribution in [0.4, 0.5) is 0 Å². The summed E-state index contributed by atoms with van der Waals surface area (Å²) in [4.78, 5) is 39.8. The summed E-state index contributed by atoms with van der Waals surface area (Å²) in [6, 6.07) is 0. The SMILES string of the molecule is C=P(O)(OC)OCC1OCCC1OP(=C)(O)OCCCCCCN.C=P(O)(OCCCCCCS)OCC1OCCC1OP(=C)(O)OC.CCCCCCCCCCCCCCCCCCCCCCCCCCCCCCCCCCCCCCCCC.S.S. The van der Waals surface area contributed by atoms with E-state index in [4.69, 9.17) is 51.4 Å².